The predicted molar refractivity (Wildman–Crippen MR) is 108 cm³/mol. The number of piperidine rings is 1. The molecule has 4 amide bonds. The molecule has 0 spiro atoms. The van der Waals surface area contributed by atoms with Crippen molar-refractivity contribution in [1.82, 2.24) is 10.2 Å². The van der Waals surface area contributed by atoms with E-state index < -0.39 is 23.8 Å². The Morgan fingerprint density at radius 3 is 2.59 bits per heavy atom. The van der Waals surface area contributed by atoms with E-state index in [-0.39, 0.29) is 18.7 Å². The molecule has 7 heteroatoms. The van der Waals surface area contributed by atoms with Crippen LogP contribution in [0, 0.1) is 12.3 Å². The number of anilines is 1. The molecule has 1 saturated heterocycles. The molecule has 1 aromatic carbocycles. The summed E-state index contributed by atoms with van der Waals surface area (Å²) in [5.41, 5.74) is 1.19. The Morgan fingerprint density at radius 2 is 1.83 bits per heavy atom. The minimum Gasteiger partial charge on any atom is -0.384 e. The van der Waals surface area contributed by atoms with E-state index in [1.807, 2.05) is 0 Å². The lowest BCUT2D eigenvalue weighted by atomic mass is 10.0. The van der Waals surface area contributed by atoms with Gasteiger partial charge in [-0.1, -0.05) is 25.3 Å². The molecule has 0 radical (unpaired) electrons. The molecule has 1 unspecified atom stereocenters. The molecular formula is C22H25N3O4. The lowest BCUT2D eigenvalue weighted by Gasteiger charge is -2.27. The molecule has 2 aliphatic heterocycles. The van der Waals surface area contributed by atoms with Crippen molar-refractivity contribution in [2.75, 3.05) is 11.9 Å². The van der Waals surface area contributed by atoms with E-state index in [1.165, 1.54) is 0 Å². The van der Waals surface area contributed by atoms with Gasteiger partial charge in [-0.3, -0.25) is 29.4 Å². The number of nitrogens with one attached hydrogen (secondary N) is 2. The standard InChI is InChI=1S/C22H25N3O4/c1-2-3-4-5-6-7-8-14-23-16-11-9-10-15-19(16)22(29)25(21(15)28)17-12-13-18(26)24-20(17)27/h1,9-11,17,23H,3-8,12-14H2,(H,24,26,27). The monoisotopic (exact) mass is 395 g/mol. The van der Waals surface area contributed by atoms with Gasteiger partial charge in [0.05, 0.1) is 11.1 Å². The first-order chi connectivity index (χ1) is 14.0. The van der Waals surface area contributed by atoms with Crippen LogP contribution in [0.25, 0.3) is 0 Å². The van der Waals surface area contributed by atoms with E-state index in [2.05, 4.69) is 16.6 Å². The first-order valence-electron chi connectivity index (χ1n) is 10.1. The van der Waals surface area contributed by atoms with E-state index in [4.69, 9.17) is 6.42 Å². The summed E-state index contributed by atoms with van der Waals surface area (Å²) >= 11 is 0. The molecule has 0 aliphatic carbocycles. The van der Waals surface area contributed by atoms with Gasteiger partial charge < -0.3 is 5.32 Å². The number of amides is 4. The van der Waals surface area contributed by atoms with Gasteiger partial charge in [-0.15, -0.1) is 12.3 Å². The summed E-state index contributed by atoms with van der Waals surface area (Å²) < 4.78 is 0. The number of hydrogen-bond donors (Lipinski definition) is 2. The summed E-state index contributed by atoms with van der Waals surface area (Å²) in [6.07, 6.45) is 11.6. The molecule has 1 fully saturated rings. The third-order valence-corrected chi connectivity index (χ3v) is 5.28. The Morgan fingerprint density at radius 1 is 1.07 bits per heavy atom. The highest BCUT2D eigenvalue weighted by Gasteiger charge is 2.45. The summed E-state index contributed by atoms with van der Waals surface area (Å²) in [5.74, 6) is 0.673. The Kier molecular flexibility index (Phi) is 6.65. The van der Waals surface area contributed by atoms with Crippen LogP contribution in [-0.4, -0.2) is 41.1 Å². The van der Waals surface area contributed by atoms with E-state index in [0.717, 1.165) is 43.4 Å². The molecule has 0 saturated carbocycles. The van der Waals surface area contributed by atoms with E-state index in [9.17, 15) is 19.2 Å². The molecule has 3 rings (SSSR count). The molecule has 0 aromatic heterocycles. The van der Waals surface area contributed by atoms with Crippen molar-refractivity contribution in [2.45, 2.75) is 57.4 Å². The molecule has 7 nitrogen and oxygen atoms in total. The van der Waals surface area contributed by atoms with Crippen LogP contribution in [0.15, 0.2) is 18.2 Å². The predicted octanol–water partition coefficient (Wildman–Crippen LogP) is 2.47. The molecule has 2 heterocycles. The Balaban J connectivity index is 1.62. The zero-order valence-corrected chi connectivity index (χ0v) is 16.3. The average molecular weight is 395 g/mol. The number of carbonyl (C=O) groups excluding carboxylic acids is 4. The van der Waals surface area contributed by atoms with Crippen LogP contribution >= 0.6 is 0 Å². The second kappa shape index (κ2) is 9.37. The highest BCUT2D eigenvalue weighted by Crippen LogP contribution is 2.32. The summed E-state index contributed by atoms with van der Waals surface area (Å²) in [6, 6.07) is 4.14. The SMILES string of the molecule is C#CCCCCCCCNc1cccc2c1C(=O)N(C1CCC(=O)NC1=O)C2=O. The third-order valence-electron chi connectivity index (χ3n) is 5.28. The zero-order valence-electron chi connectivity index (χ0n) is 16.3. The third kappa shape index (κ3) is 4.48. The van der Waals surface area contributed by atoms with Crippen molar-refractivity contribution >= 4 is 29.3 Å². The fraction of sp³-hybridized carbons (Fsp3) is 0.455. The second-order valence-corrected chi connectivity index (χ2v) is 7.32. The maximum Gasteiger partial charge on any atom is 0.264 e. The van der Waals surface area contributed by atoms with Crippen LogP contribution in [0.4, 0.5) is 5.69 Å². The van der Waals surface area contributed by atoms with Crippen molar-refractivity contribution in [1.29, 1.82) is 0 Å². The van der Waals surface area contributed by atoms with Gasteiger partial charge in [0.25, 0.3) is 11.8 Å². The van der Waals surface area contributed by atoms with Crippen LogP contribution in [0.3, 0.4) is 0 Å². The number of terminal acetylenes is 1. The zero-order chi connectivity index (χ0) is 20.8. The Hall–Kier alpha value is -3.14. The lowest BCUT2D eigenvalue weighted by molar-refractivity contribution is -0.136. The van der Waals surface area contributed by atoms with Crippen molar-refractivity contribution in [2.24, 2.45) is 0 Å². The van der Waals surface area contributed by atoms with Crippen LogP contribution < -0.4 is 10.6 Å². The normalized spacial score (nSPS) is 18.4. The molecule has 1 atom stereocenters. The quantitative estimate of drug-likeness (QED) is 0.380. The number of rotatable bonds is 9. The van der Waals surface area contributed by atoms with Crippen LogP contribution in [0.1, 0.15) is 72.1 Å². The minimum atomic E-state index is -0.948. The van der Waals surface area contributed by atoms with E-state index >= 15 is 0 Å². The lowest BCUT2D eigenvalue weighted by Crippen LogP contribution is -2.54. The van der Waals surface area contributed by atoms with Gasteiger partial charge in [0.2, 0.25) is 11.8 Å². The van der Waals surface area contributed by atoms with Gasteiger partial charge in [-0.2, -0.15) is 0 Å². The van der Waals surface area contributed by atoms with Gasteiger partial charge in [0, 0.05) is 25.1 Å². The highest BCUT2D eigenvalue weighted by molar-refractivity contribution is 6.25. The molecular weight excluding hydrogens is 370 g/mol. The average Bonchev–Trinajstić information content (AvgIpc) is 2.95. The largest absolute Gasteiger partial charge is 0.384 e. The van der Waals surface area contributed by atoms with Gasteiger partial charge >= 0.3 is 0 Å². The second-order valence-electron chi connectivity index (χ2n) is 7.32. The fourth-order valence-corrected chi connectivity index (χ4v) is 3.77. The smallest absolute Gasteiger partial charge is 0.264 e. The number of imide groups is 2. The number of unbranched alkanes of at least 4 members (excludes halogenated alkanes) is 5. The highest BCUT2D eigenvalue weighted by atomic mass is 16.2. The minimum absolute atomic E-state index is 0.107. The van der Waals surface area contributed by atoms with E-state index in [0.29, 0.717) is 23.4 Å². The molecule has 152 valence electrons. The van der Waals surface area contributed by atoms with Crippen LogP contribution in [0.2, 0.25) is 0 Å². The van der Waals surface area contributed by atoms with Gasteiger partial charge in [0.15, 0.2) is 0 Å². The Bertz CT molecular complexity index is 871. The van der Waals surface area contributed by atoms with E-state index in [1.54, 1.807) is 18.2 Å². The van der Waals surface area contributed by atoms with Gasteiger partial charge in [-0.05, 0) is 31.4 Å². The number of carbonyl (C=O) groups is 4. The summed E-state index contributed by atoms with van der Waals surface area (Å²) in [5, 5.41) is 5.46. The first-order valence-corrected chi connectivity index (χ1v) is 10.1. The number of nitrogens with zero attached hydrogens (tertiary/aromatic N) is 1. The molecule has 29 heavy (non-hydrogen) atoms. The van der Waals surface area contributed by atoms with Crippen molar-refractivity contribution in [3.05, 3.63) is 29.3 Å². The maximum atomic E-state index is 13.0. The first kappa shape index (κ1) is 20.6. The summed E-state index contributed by atoms with van der Waals surface area (Å²) in [7, 11) is 0. The molecule has 2 aliphatic rings. The Labute approximate surface area is 170 Å². The van der Waals surface area contributed by atoms with Crippen LogP contribution in [-0.2, 0) is 9.59 Å². The van der Waals surface area contributed by atoms with Crippen LogP contribution in [0.5, 0.6) is 0 Å². The van der Waals surface area contributed by atoms with Crippen molar-refractivity contribution in [3.8, 4) is 12.3 Å². The van der Waals surface area contributed by atoms with Gasteiger partial charge in [0.1, 0.15) is 6.04 Å². The molecule has 2 N–H and O–H groups in total. The van der Waals surface area contributed by atoms with Crippen molar-refractivity contribution in [3.63, 3.8) is 0 Å². The number of fused-ring (bicyclic) bond motifs is 1. The number of benzene rings is 1. The molecule has 0 bridgehead atoms. The van der Waals surface area contributed by atoms with Crippen molar-refractivity contribution < 1.29 is 19.2 Å². The topological polar surface area (TPSA) is 95.6 Å². The molecule has 1 aromatic rings. The summed E-state index contributed by atoms with van der Waals surface area (Å²) in [4.78, 5) is 50.3. The number of hydrogen-bond acceptors (Lipinski definition) is 5. The summed E-state index contributed by atoms with van der Waals surface area (Å²) in [6.45, 7) is 0.686. The maximum absolute atomic E-state index is 13.0. The van der Waals surface area contributed by atoms with Gasteiger partial charge in [-0.25, -0.2) is 0 Å². The fourth-order valence-electron chi connectivity index (χ4n) is 3.77.